The van der Waals surface area contributed by atoms with E-state index in [9.17, 15) is 8.42 Å². The molecular formula is C20H38O3S. The number of rotatable bonds is 0. The summed E-state index contributed by atoms with van der Waals surface area (Å²) >= 11 is 0. The van der Waals surface area contributed by atoms with E-state index in [2.05, 4.69) is 0 Å². The fraction of sp³-hybridized carbons (Fsp3) is 1.00. The second-order valence-corrected chi connectivity index (χ2v) is 9.76. The summed E-state index contributed by atoms with van der Waals surface area (Å²) in [5, 5.41) is 0. The molecular weight excluding hydrogens is 320 g/mol. The molecule has 0 spiro atoms. The van der Waals surface area contributed by atoms with Gasteiger partial charge in [-0.3, -0.25) is 4.18 Å². The van der Waals surface area contributed by atoms with E-state index in [4.69, 9.17) is 4.18 Å². The van der Waals surface area contributed by atoms with Crippen molar-refractivity contribution in [1.82, 2.24) is 0 Å². The molecule has 1 heterocycles. The monoisotopic (exact) mass is 358 g/mol. The van der Waals surface area contributed by atoms with Crippen LogP contribution in [0.5, 0.6) is 0 Å². The van der Waals surface area contributed by atoms with Gasteiger partial charge in [0.05, 0.1) is 12.4 Å². The Balaban J connectivity index is 1.73. The molecule has 1 saturated heterocycles. The maximum Gasteiger partial charge on any atom is 0.267 e. The number of hydrogen-bond donors (Lipinski definition) is 0. The maximum absolute atomic E-state index is 11.8. The van der Waals surface area contributed by atoms with Crippen LogP contribution in [0.1, 0.15) is 103 Å². The van der Waals surface area contributed by atoms with E-state index < -0.39 is 10.1 Å². The molecule has 24 heavy (non-hydrogen) atoms. The molecule has 0 N–H and O–H groups in total. The average Bonchev–Trinajstić information content (AvgIpc) is 2.99. The minimum atomic E-state index is -3.28. The lowest BCUT2D eigenvalue weighted by Gasteiger charge is -2.19. The summed E-state index contributed by atoms with van der Waals surface area (Å²) in [7, 11) is -3.28. The standard InChI is InChI=1S/C20H38O3S/c21-24(22)18-11-7-3-5-9-14-20-16-12-15-19(20)13-8-4-1-2-6-10-17-23-24/h19-20H,1-18H2/t19-,20-/m0/s1. The van der Waals surface area contributed by atoms with E-state index in [0.29, 0.717) is 6.61 Å². The van der Waals surface area contributed by atoms with Crippen LogP contribution in [0.25, 0.3) is 0 Å². The first kappa shape index (κ1) is 20.2. The van der Waals surface area contributed by atoms with Gasteiger partial charge in [-0.2, -0.15) is 8.42 Å². The Morgan fingerprint density at radius 2 is 1.00 bits per heavy atom. The molecule has 1 aliphatic heterocycles. The molecule has 1 saturated carbocycles. The number of fused-ring (bicyclic) bond motifs is 1. The van der Waals surface area contributed by atoms with E-state index in [1.54, 1.807) is 0 Å². The zero-order chi connectivity index (χ0) is 17.1. The average molecular weight is 359 g/mol. The Labute approximate surface area is 150 Å². The molecule has 0 aromatic heterocycles. The highest BCUT2D eigenvalue weighted by Gasteiger charge is 2.25. The molecule has 2 fully saturated rings. The predicted molar refractivity (Wildman–Crippen MR) is 101 cm³/mol. The first-order valence-corrected chi connectivity index (χ1v) is 12.1. The Morgan fingerprint density at radius 1 is 0.542 bits per heavy atom. The molecule has 0 amide bonds. The molecule has 2 rings (SSSR count). The van der Waals surface area contributed by atoms with Crippen molar-refractivity contribution < 1.29 is 12.6 Å². The lowest BCUT2D eigenvalue weighted by molar-refractivity contribution is 0.305. The van der Waals surface area contributed by atoms with E-state index in [-0.39, 0.29) is 5.75 Å². The van der Waals surface area contributed by atoms with Crippen molar-refractivity contribution >= 4 is 10.1 Å². The summed E-state index contributed by atoms with van der Waals surface area (Å²) in [6, 6.07) is 0. The molecule has 4 heteroatoms. The largest absolute Gasteiger partial charge is 0.270 e. The number of hydrogen-bond acceptors (Lipinski definition) is 3. The fourth-order valence-electron chi connectivity index (χ4n) is 4.55. The zero-order valence-electron chi connectivity index (χ0n) is 15.5. The first-order valence-electron chi connectivity index (χ1n) is 10.5. The van der Waals surface area contributed by atoms with E-state index in [1.807, 2.05) is 0 Å². The van der Waals surface area contributed by atoms with Gasteiger partial charge in [0.25, 0.3) is 10.1 Å². The van der Waals surface area contributed by atoms with Crippen molar-refractivity contribution in [3.63, 3.8) is 0 Å². The van der Waals surface area contributed by atoms with Gasteiger partial charge in [0.15, 0.2) is 0 Å². The molecule has 2 atom stereocenters. The van der Waals surface area contributed by atoms with Crippen molar-refractivity contribution in [2.24, 2.45) is 11.8 Å². The highest BCUT2D eigenvalue weighted by atomic mass is 32.2. The first-order chi connectivity index (χ1) is 11.7. The molecule has 0 aromatic carbocycles. The van der Waals surface area contributed by atoms with Crippen molar-refractivity contribution in [2.45, 2.75) is 103 Å². The summed E-state index contributed by atoms with van der Waals surface area (Å²) < 4.78 is 28.7. The van der Waals surface area contributed by atoms with Gasteiger partial charge in [-0.05, 0) is 24.7 Å². The molecule has 0 bridgehead atoms. The molecule has 0 radical (unpaired) electrons. The Kier molecular flexibility index (Phi) is 9.70. The fourth-order valence-corrected chi connectivity index (χ4v) is 5.60. The van der Waals surface area contributed by atoms with Gasteiger partial charge < -0.3 is 0 Å². The Morgan fingerprint density at radius 3 is 1.62 bits per heavy atom. The summed E-state index contributed by atoms with van der Waals surface area (Å²) in [4.78, 5) is 0. The molecule has 2 aliphatic rings. The minimum Gasteiger partial charge on any atom is -0.270 e. The third kappa shape index (κ3) is 8.33. The van der Waals surface area contributed by atoms with Crippen LogP contribution >= 0.6 is 0 Å². The highest BCUT2D eigenvalue weighted by Crippen LogP contribution is 2.38. The van der Waals surface area contributed by atoms with Gasteiger partial charge in [0, 0.05) is 0 Å². The van der Waals surface area contributed by atoms with Gasteiger partial charge in [-0.25, -0.2) is 0 Å². The van der Waals surface area contributed by atoms with Crippen LogP contribution in [0.4, 0.5) is 0 Å². The SMILES string of the molecule is O=S1(=O)CCCCCCC[C@H]2CCC[C@@H]2CCCCCCCCO1. The molecule has 0 aromatic rings. The topological polar surface area (TPSA) is 43.4 Å². The molecule has 0 unspecified atom stereocenters. The van der Waals surface area contributed by atoms with Crippen LogP contribution in [-0.4, -0.2) is 20.8 Å². The summed E-state index contributed by atoms with van der Waals surface area (Å²) in [5.41, 5.74) is 0. The zero-order valence-corrected chi connectivity index (χ0v) is 16.3. The van der Waals surface area contributed by atoms with Crippen molar-refractivity contribution in [3.05, 3.63) is 0 Å². The lowest BCUT2D eigenvalue weighted by Crippen LogP contribution is -2.11. The lowest BCUT2D eigenvalue weighted by atomic mass is 9.86. The second kappa shape index (κ2) is 11.5. The maximum atomic E-state index is 11.8. The van der Waals surface area contributed by atoms with Gasteiger partial charge in [0.2, 0.25) is 0 Å². The van der Waals surface area contributed by atoms with Crippen LogP contribution in [0.15, 0.2) is 0 Å². The van der Waals surface area contributed by atoms with Gasteiger partial charge in [-0.15, -0.1) is 0 Å². The van der Waals surface area contributed by atoms with Crippen LogP contribution in [0.2, 0.25) is 0 Å². The van der Waals surface area contributed by atoms with Crippen LogP contribution in [0, 0.1) is 11.8 Å². The van der Waals surface area contributed by atoms with Crippen LogP contribution < -0.4 is 0 Å². The van der Waals surface area contributed by atoms with E-state index in [0.717, 1.165) is 37.5 Å². The highest BCUT2D eigenvalue weighted by molar-refractivity contribution is 7.86. The van der Waals surface area contributed by atoms with Crippen LogP contribution in [0.3, 0.4) is 0 Å². The van der Waals surface area contributed by atoms with Crippen molar-refractivity contribution in [3.8, 4) is 0 Å². The predicted octanol–water partition coefficient (Wildman–Crippen LogP) is 5.83. The quantitative estimate of drug-likeness (QED) is 0.511. The van der Waals surface area contributed by atoms with Gasteiger partial charge in [0.1, 0.15) is 0 Å². The Hall–Kier alpha value is -0.0900. The molecule has 3 nitrogen and oxygen atoms in total. The van der Waals surface area contributed by atoms with Gasteiger partial charge in [-0.1, -0.05) is 89.9 Å². The Bertz CT molecular complexity index is 419. The molecule has 142 valence electrons. The van der Waals surface area contributed by atoms with E-state index >= 15 is 0 Å². The van der Waals surface area contributed by atoms with Gasteiger partial charge >= 0.3 is 0 Å². The summed E-state index contributed by atoms with van der Waals surface area (Å²) in [6.07, 6.45) is 20.0. The third-order valence-corrected chi connectivity index (χ3v) is 7.33. The molecule has 1 aliphatic carbocycles. The van der Waals surface area contributed by atoms with Crippen molar-refractivity contribution in [1.29, 1.82) is 0 Å². The van der Waals surface area contributed by atoms with E-state index in [1.165, 1.54) is 77.0 Å². The summed E-state index contributed by atoms with van der Waals surface area (Å²) in [5.74, 6) is 2.20. The third-order valence-electron chi connectivity index (χ3n) is 6.02. The van der Waals surface area contributed by atoms with Crippen LogP contribution in [-0.2, 0) is 14.3 Å². The van der Waals surface area contributed by atoms with Crippen molar-refractivity contribution in [2.75, 3.05) is 12.4 Å². The minimum absolute atomic E-state index is 0.206. The normalized spacial score (nSPS) is 32.2. The second-order valence-electron chi connectivity index (χ2n) is 8.00. The summed E-state index contributed by atoms with van der Waals surface area (Å²) in [6.45, 7) is 0.381. The smallest absolute Gasteiger partial charge is 0.267 e.